The maximum atomic E-state index is 3.45. The van der Waals surface area contributed by atoms with E-state index >= 15 is 0 Å². The van der Waals surface area contributed by atoms with Crippen molar-refractivity contribution in [3.8, 4) is 0 Å². The van der Waals surface area contributed by atoms with Crippen LogP contribution < -0.4 is 0 Å². The van der Waals surface area contributed by atoms with Crippen molar-refractivity contribution in [2.45, 2.75) is 192 Å². The molecule has 210 valence electrons. The SMILES string of the molecule is CCCCP(=C[Si](C)(C)C)(N(C1CCCCC1)C1CCCCC1)N(C1CCCCC1)C1CCCCC1. The summed E-state index contributed by atoms with van der Waals surface area (Å²) in [5.74, 6) is 0. The molecule has 4 heteroatoms. The lowest BCUT2D eigenvalue weighted by molar-refractivity contribution is 0.130. The van der Waals surface area contributed by atoms with Gasteiger partial charge in [0.15, 0.2) is 0 Å². The van der Waals surface area contributed by atoms with Crippen LogP contribution in [0.5, 0.6) is 0 Å². The summed E-state index contributed by atoms with van der Waals surface area (Å²) in [5, 5.41) is 0. The lowest BCUT2D eigenvalue weighted by Gasteiger charge is -2.59. The van der Waals surface area contributed by atoms with Crippen LogP contribution in [0.15, 0.2) is 0 Å². The Morgan fingerprint density at radius 2 is 0.861 bits per heavy atom. The van der Waals surface area contributed by atoms with E-state index in [4.69, 9.17) is 0 Å². The molecule has 0 N–H and O–H groups in total. The highest BCUT2D eigenvalue weighted by molar-refractivity contribution is 7.74. The van der Waals surface area contributed by atoms with E-state index in [9.17, 15) is 0 Å². The number of hydrogen-bond donors (Lipinski definition) is 0. The van der Waals surface area contributed by atoms with Gasteiger partial charge in [0.2, 0.25) is 0 Å². The molecule has 36 heavy (non-hydrogen) atoms. The van der Waals surface area contributed by atoms with E-state index in [-0.39, 0.29) is 0 Å². The van der Waals surface area contributed by atoms with Crippen molar-refractivity contribution in [1.29, 1.82) is 0 Å². The van der Waals surface area contributed by atoms with Crippen LogP contribution in [0.4, 0.5) is 0 Å². The molecular weight excluding hydrogens is 471 g/mol. The van der Waals surface area contributed by atoms with Gasteiger partial charge in [-0.2, -0.15) is 0 Å². The summed E-state index contributed by atoms with van der Waals surface area (Å²) in [4.78, 5) is 0. The fourth-order valence-corrected chi connectivity index (χ4v) is 19.9. The van der Waals surface area contributed by atoms with E-state index in [0.717, 1.165) is 24.2 Å². The van der Waals surface area contributed by atoms with E-state index in [1.54, 1.807) is 0 Å². The van der Waals surface area contributed by atoms with E-state index < -0.39 is 15.3 Å². The quantitative estimate of drug-likeness (QED) is 0.203. The summed E-state index contributed by atoms with van der Waals surface area (Å²) in [5.41, 5.74) is 3.21. The molecule has 0 aromatic carbocycles. The molecule has 4 saturated carbocycles. The van der Waals surface area contributed by atoms with Crippen molar-refractivity contribution < 1.29 is 0 Å². The molecule has 0 unspecified atom stereocenters. The highest BCUT2D eigenvalue weighted by atomic mass is 31.2. The first-order chi connectivity index (χ1) is 17.4. The largest absolute Gasteiger partial charge is 0.266 e. The zero-order valence-electron chi connectivity index (χ0n) is 25.0. The molecule has 0 bridgehead atoms. The Kier molecular flexibility index (Phi) is 11.6. The van der Waals surface area contributed by atoms with Gasteiger partial charge in [-0.15, -0.1) is 0 Å². The first kappa shape index (κ1) is 29.4. The minimum absolute atomic E-state index is 0.870. The maximum absolute atomic E-state index is 3.45. The highest BCUT2D eigenvalue weighted by Gasteiger charge is 2.46. The Hall–Kier alpha value is 0.437. The van der Waals surface area contributed by atoms with Crippen LogP contribution in [-0.2, 0) is 0 Å². The topological polar surface area (TPSA) is 6.48 Å². The van der Waals surface area contributed by atoms with Crippen molar-refractivity contribution in [2.75, 3.05) is 6.16 Å². The Morgan fingerprint density at radius 1 is 0.556 bits per heavy atom. The summed E-state index contributed by atoms with van der Waals surface area (Å²) >= 11 is 0. The second-order valence-corrected chi connectivity index (χ2v) is 23.0. The summed E-state index contributed by atoms with van der Waals surface area (Å²) in [6, 6.07) is 3.48. The standard InChI is InChI=1S/C32H63N2PSi/c1-5-6-27-35(28-36(2,3)4,33(29-19-11-7-12-20-29)30-21-13-8-14-22-30)34(31-23-15-9-16-24-31)32-25-17-10-18-26-32/h28-32H,5-27H2,1-4H3. The molecule has 4 aliphatic rings. The van der Waals surface area contributed by atoms with E-state index in [0.29, 0.717) is 0 Å². The van der Waals surface area contributed by atoms with E-state index in [2.05, 4.69) is 41.3 Å². The molecule has 0 heterocycles. The second-order valence-electron chi connectivity index (χ2n) is 14.3. The Bertz CT molecular complexity index is 597. The van der Waals surface area contributed by atoms with Gasteiger partial charge in [-0.25, -0.2) is 0 Å². The molecule has 0 aromatic rings. The van der Waals surface area contributed by atoms with Crippen molar-refractivity contribution in [1.82, 2.24) is 9.34 Å². The van der Waals surface area contributed by atoms with Crippen molar-refractivity contribution in [3.63, 3.8) is 0 Å². The molecule has 0 amide bonds. The number of nitrogens with zero attached hydrogens (tertiary/aromatic N) is 2. The summed E-state index contributed by atoms with van der Waals surface area (Å²) in [6.45, 7) is 10.5. The van der Waals surface area contributed by atoms with E-state index in [1.165, 1.54) is 147 Å². The molecule has 0 atom stereocenters. The first-order valence-electron chi connectivity index (χ1n) is 16.8. The monoisotopic (exact) mass is 534 g/mol. The van der Waals surface area contributed by atoms with Gasteiger partial charge in [-0.05, 0) is 63.9 Å². The van der Waals surface area contributed by atoms with Gasteiger partial charge in [0.05, 0.1) is 8.07 Å². The lowest BCUT2D eigenvalue weighted by Crippen LogP contribution is -2.54. The molecular formula is C32H63N2PSi. The maximum Gasteiger partial charge on any atom is 0.0719 e. The van der Waals surface area contributed by atoms with Crippen LogP contribution in [0.25, 0.3) is 0 Å². The smallest absolute Gasteiger partial charge is 0.0719 e. The third-order valence-corrected chi connectivity index (χ3v) is 18.7. The van der Waals surface area contributed by atoms with Crippen LogP contribution in [0, 0.1) is 0 Å². The van der Waals surface area contributed by atoms with Gasteiger partial charge < -0.3 is 0 Å². The molecule has 0 radical (unpaired) electrons. The van der Waals surface area contributed by atoms with Crippen LogP contribution in [-0.4, -0.2) is 53.2 Å². The van der Waals surface area contributed by atoms with Gasteiger partial charge in [-0.3, -0.25) is 9.34 Å². The van der Waals surface area contributed by atoms with Crippen LogP contribution in [0.2, 0.25) is 19.6 Å². The van der Waals surface area contributed by atoms with Crippen molar-refractivity contribution >= 4 is 20.7 Å². The minimum Gasteiger partial charge on any atom is -0.266 e. The third kappa shape index (κ3) is 7.54. The average Bonchev–Trinajstić information content (AvgIpc) is 2.89. The Balaban J connectivity index is 1.90. The average molecular weight is 535 g/mol. The summed E-state index contributed by atoms with van der Waals surface area (Å²) in [7, 11) is -2.91. The third-order valence-electron chi connectivity index (χ3n) is 10.0. The fourth-order valence-electron chi connectivity index (χ4n) is 8.67. The zero-order valence-corrected chi connectivity index (χ0v) is 26.9. The Morgan fingerprint density at radius 3 is 1.11 bits per heavy atom. The lowest BCUT2D eigenvalue weighted by atomic mass is 9.90. The van der Waals surface area contributed by atoms with Crippen LogP contribution in [0.3, 0.4) is 0 Å². The van der Waals surface area contributed by atoms with Crippen LogP contribution in [0.1, 0.15) is 148 Å². The molecule has 0 aromatic heterocycles. The Labute approximate surface area is 227 Å². The fraction of sp³-hybridized carbons (Fsp3) is 0.969. The molecule has 0 saturated heterocycles. The normalized spacial score (nSPS) is 25.1. The molecule has 4 rings (SSSR count). The van der Waals surface area contributed by atoms with Crippen molar-refractivity contribution in [2.24, 2.45) is 0 Å². The number of unbranched alkanes of at least 4 members (excludes halogenated alkanes) is 1. The molecule has 4 aliphatic carbocycles. The molecule has 4 fully saturated rings. The van der Waals surface area contributed by atoms with Crippen molar-refractivity contribution in [3.05, 3.63) is 0 Å². The summed E-state index contributed by atoms with van der Waals surface area (Å²) < 4.78 is 6.89. The van der Waals surface area contributed by atoms with E-state index in [1.807, 2.05) is 0 Å². The number of rotatable bonds is 10. The molecule has 0 aliphatic heterocycles. The zero-order chi connectivity index (χ0) is 25.4. The highest BCUT2D eigenvalue weighted by Crippen LogP contribution is 2.64. The van der Waals surface area contributed by atoms with Gasteiger partial charge in [-0.1, -0.05) is 115 Å². The minimum atomic E-state index is -1.53. The number of hydrogen-bond acceptors (Lipinski definition) is 2. The molecule has 2 nitrogen and oxygen atoms in total. The van der Waals surface area contributed by atoms with Gasteiger partial charge >= 0.3 is 0 Å². The first-order valence-corrected chi connectivity index (χ1v) is 22.3. The van der Waals surface area contributed by atoms with Gasteiger partial charge in [0.25, 0.3) is 0 Å². The second kappa shape index (κ2) is 14.2. The van der Waals surface area contributed by atoms with Gasteiger partial charge in [0.1, 0.15) is 0 Å². The predicted octanol–water partition coefficient (Wildman–Crippen LogP) is 10.2. The predicted molar refractivity (Wildman–Crippen MR) is 167 cm³/mol. The molecule has 0 spiro atoms. The summed E-state index contributed by atoms with van der Waals surface area (Å²) in [6.07, 6.45) is 34.1. The van der Waals surface area contributed by atoms with Gasteiger partial charge in [0, 0.05) is 31.4 Å². The van der Waals surface area contributed by atoms with Crippen LogP contribution >= 0.6 is 7.19 Å².